The lowest BCUT2D eigenvalue weighted by molar-refractivity contribution is -0.118. The number of aryl methyl sites for hydroxylation is 2. The maximum atomic E-state index is 12.2. The van der Waals surface area contributed by atoms with E-state index in [-0.39, 0.29) is 5.91 Å². The highest BCUT2D eigenvalue weighted by molar-refractivity contribution is 8.00. The van der Waals surface area contributed by atoms with Gasteiger partial charge in [-0.2, -0.15) is 0 Å². The average molecular weight is 404 g/mol. The van der Waals surface area contributed by atoms with Gasteiger partial charge < -0.3 is 5.32 Å². The van der Waals surface area contributed by atoms with Gasteiger partial charge in [0.1, 0.15) is 15.7 Å². The van der Waals surface area contributed by atoms with E-state index in [0.717, 1.165) is 34.4 Å². The lowest BCUT2D eigenvalue weighted by Gasteiger charge is -2.18. The number of hydrogen-bond donors (Lipinski definition) is 1. The fourth-order valence-electron chi connectivity index (χ4n) is 3.30. The van der Waals surface area contributed by atoms with Gasteiger partial charge in [0.25, 0.3) is 0 Å². The van der Waals surface area contributed by atoms with Crippen molar-refractivity contribution in [2.45, 2.75) is 44.7 Å². The molecule has 136 valence electrons. The standard InChI is InChI=1S/C19H21N3OS3/c1-11-5-6-14-15(8-11)26-19-17(14)18(21-12(2)22-19)25-10-16(23)20-9-13-4-3-7-24-13/h3-4,7,11H,5-6,8-10H2,1-2H3,(H,20,23). The molecule has 0 bridgehead atoms. The maximum Gasteiger partial charge on any atom is 0.230 e. The molecule has 0 spiro atoms. The quantitative estimate of drug-likeness (QED) is 0.500. The molecule has 0 aromatic carbocycles. The van der Waals surface area contributed by atoms with Gasteiger partial charge in [-0.05, 0) is 49.1 Å². The topological polar surface area (TPSA) is 54.9 Å². The van der Waals surface area contributed by atoms with Crippen LogP contribution in [0.3, 0.4) is 0 Å². The maximum absolute atomic E-state index is 12.2. The summed E-state index contributed by atoms with van der Waals surface area (Å²) in [5, 5.41) is 7.17. The minimum atomic E-state index is 0.0468. The van der Waals surface area contributed by atoms with Crippen molar-refractivity contribution >= 4 is 50.6 Å². The van der Waals surface area contributed by atoms with Gasteiger partial charge in [0, 0.05) is 15.1 Å². The summed E-state index contributed by atoms with van der Waals surface area (Å²) < 4.78 is 0. The zero-order chi connectivity index (χ0) is 18.1. The number of fused-ring (bicyclic) bond motifs is 3. The van der Waals surface area contributed by atoms with Crippen molar-refractivity contribution in [3.63, 3.8) is 0 Å². The van der Waals surface area contributed by atoms with Crippen molar-refractivity contribution in [3.8, 4) is 0 Å². The van der Waals surface area contributed by atoms with Crippen molar-refractivity contribution in [2.24, 2.45) is 5.92 Å². The molecule has 26 heavy (non-hydrogen) atoms. The van der Waals surface area contributed by atoms with Crippen LogP contribution < -0.4 is 5.32 Å². The molecular weight excluding hydrogens is 382 g/mol. The summed E-state index contributed by atoms with van der Waals surface area (Å²) >= 11 is 5.00. The Morgan fingerprint density at radius 3 is 3.12 bits per heavy atom. The van der Waals surface area contributed by atoms with E-state index < -0.39 is 0 Å². The first-order chi connectivity index (χ1) is 12.6. The number of thiophene rings is 2. The van der Waals surface area contributed by atoms with E-state index in [2.05, 4.69) is 22.2 Å². The summed E-state index contributed by atoms with van der Waals surface area (Å²) in [6.07, 6.45) is 3.46. The summed E-state index contributed by atoms with van der Waals surface area (Å²) in [4.78, 5) is 25.3. The summed E-state index contributed by atoms with van der Waals surface area (Å²) in [7, 11) is 0. The molecule has 0 radical (unpaired) electrons. The molecular formula is C19H21N3OS3. The van der Waals surface area contributed by atoms with Gasteiger partial charge in [-0.1, -0.05) is 24.8 Å². The van der Waals surface area contributed by atoms with Crippen molar-refractivity contribution in [1.29, 1.82) is 0 Å². The van der Waals surface area contributed by atoms with E-state index in [1.807, 2.05) is 35.8 Å². The highest BCUT2D eigenvalue weighted by atomic mass is 32.2. The summed E-state index contributed by atoms with van der Waals surface area (Å²) in [6.45, 7) is 4.85. The van der Waals surface area contributed by atoms with E-state index in [9.17, 15) is 4.79 Å². The molecule has 0 aliphatic heterocycles. The zero-order valence-electron chi connectivity index (χ0n) is 14.9. The SMILES string of the molecule is Cc1nc(SCC(=O)NCc2cccs2)c2c3c(sc2n1)CC(C)CC3. The first kappa shape index (κ1) is 17.9. The van der Waals surface area contributed by atoms with Gasteiger partial charge in [-0.15, -0.1) is 22.7 Å². The molecule has 4 nitrogen and oxygen atoms in total. The van der Waals surface area contributed by atoms with E-state index in [0.29, 0.717) is 12.3 Å². The number of nitrogens with zero attached hydrogens (tertiary/aromatic N) is 2. The van der Waals surface area contributed by atoms with Crippen molar-refractivity contribution in [3.05, 3.63) is 38.7 Å². The number of nitrogens with one attached hydrogen (secondary N) is 1. The highest BCUT2D eigenvalue weighted by Gasteiger charge is 2.24. The molecule has 0 saturated heterocycles. The first-order valence-corrected chi connectivity index (χ1v) is 11.5. The Kier molecular flexibility index (Phi) is 5.29. The Balaban J connectivity index is 1.51. The second kappa shape index (κ2) is 7.66. The van der Waals surface area contributed by atoms with Crippen molar-refractivity contribution < 1.29 is 4.79 Å². The highest BCUT2D eigenvalue weighted by Crippen LogP contribution is 2.40. The number of hydrogen-bond acceptors (Lipinski definition) is 6. The molecule has 3 heterocycles. The monoisotopic (exact) mass is 403 g/mol. The lowest BCUT2D eigenvalue weighted by atomic mass is 9.89. The number of carbonyl (C=O) groups is 1. The van der Waals surface area contributed by atoms with Crippen LogP contribution in [0.15, 0.2) is 22.5 Å². The molecule has 4 rings (SSSR count). The Labute approximate surface area is 165 Å². The molecule has 1 aliphatic carbocycles. The molecule has 0 saturated carbocycles. The van der Waals surface area contributed by atoms with Crippen LogP contribution in [0, 0.1) is 12.8 Å². The normalized spacial score (nSPS) is 16.6. The molecule has 1 N–H and O–H groups in total. The van der Waals surface area contributed by atoms with E-state index >= 15 is 0 Å². The van der Waals surface area contributed by atoms with Gasteiger partial charge in [0.05, 0.1) is 12.3 Å². The van der Waals surface area contributed by atoms with Crippen LogP contribution >= 0.6 is 34.4 Å². The van der Waals surface area contributed by atoms with Crippen molar-refractivity contribution in [2.75, 3.05) is 5.75 Å². The number of aromatic nitrogens is 2. The lowest BCUT2D eigenvalue weighted by Crippen LogP contribution is -2.24. The second-order valence-electron chi connectivity index (χ2n) is 6.75. The molecule has 1 atom stereocenters. The molecule has 0 fully saturated rings. The summed E-state index contributed by atoms with van der Waals surface area (Å²) in [6, 6.07) is 4.04. The third kappa shape index (κ3) is 3.80. The van der Waals surface area contributed by atoms with Crippen LogP contribution in [0.25, 0.3) is 10.2 Å². The van der Waals surface area contributed by atoms with Gasteiger partial charge >= 0.3 is 0 Å². The minimum absolute atomic E-state index is 0.0468. The zero-order valence-corrected chi connectivity index (χ0v) is 17.3. The third-order valence-corrected chi connectivity index (χ3v) is 7.61. The number of thioether (sulfide) groups is 1. The summed E-state index contributed by atoms with van der Waals surface area (Å²) in [5.41, 5.74) is 1.42. The fourth-order valence-corrected chi connectivity index (χ4v) is 6.37. The molecule has 1 aliphatic rings. The Morgan fingerprint density at radius 1 is 1.42 bits per heavy atom. The van der Waals surface area contributed by atoms with Gasteiger partial charge in [-0.25, -0.2) is 9.97 Å². The summed E-state index contributed by atoms with van der Waals surface area (Å²) in [5.74, 6) is 1.96. The number of rotatable bonds is 5. The van der Waals surface area contributed by atoms with Crippen LogP contribution in [0.2, 0.25) is 0 Å². The molecule has 1 amide bonds. The van der Waals surface area contributed by atoms with Crippen LogP contribution in [-0.2, 0) is 24.2 Å². The second-order valence-corrected chi connectivity index (χ2v) is 9.83. The van der Waals surface area contributed by atoms with Gasteiger partial charge in [0.2, 0.25) is 5.91 Å². The Hall–Kier alpha value is -1.44. The fraction of sp³-hybridized carbons (Fsp3) is 0.421. The average Bonchev–Trinajstić information content (AvgIpc) is 3.24. The van der Waals surface area contributed by atoms with Crippen LogP contribution in [0.5, 0.6) is 0 Å². The minimum Gasteiger partial charge on any atom is -0.350 e. The molecule has 3 aromatic rings. The van der Waals surface area contributed by atoms with E-state index in [1.165, 1.54) is 38.9 Å². The number of carbonyl (C=O) groups excluding carboxylic acids is 1. The Bertz CT molecular complexity index is 933. The largest absolute Gasteiger partial charge is 0.350 e. The van der Waals surface area contributed by atoms with Crippen LogP contribution in [0.1, 0.15) is 34.5 Å². The van der Waals surface area contributed by atoms with Crippen LogP contribution in [-0.4, -0.2) is 21.6 Å². The molecule has 3 aromatic heterocycles. The third-order valence-electron chi connectivity index (χ3n) is 4.61. The predicted octanol–water partition coefficient (Wildman–Crippen LogP) is 4.59. The van der Waals surface area contributed by atoms with Gasteiger partial charge in [0.15, 0.2) is 0 Å². The molecule has 7 heteroatoms. The predicted molar refractivity (Wildman–Crippen MR) is 110 cm³/mol. The van der Waals surface area contributed by atoms with Crippen molar-refractivity contribution in [1.82, 2.24) is 15.3 Å². The van der Waals surface area contributed by atoms with E-state index in [1.54, 1.807) is 11.3 Å². The van der Waals surface area contributed by atoms with Gasteiger partial charge in [-0.3, -0.25) is 4.79 Å². The number of amides is 1. The molecule has 1 unspecified atom stereocenters. The van der Waals surface area contributed by atoms with E-state index in [4.69, 9.17) is 0 Å². The first-order valence-electron chi connectivity index (χ1n) is 8.81. The Morgan fingerprint density at radius 2 is 2.31 bits per heavy atom. The smallest absolute Gasteiger partial charge is 0.230 e. The van der Waals surface area contributed by atoms with Crippen LogP contribution in [0.4, 0.5) is 0 Å².